The third-order valence-electron chi connectivity index (χ3n) is 3.33. The van der Waals surface area contributed by atoms with E-state index in [9.17, 15) is 4.79 Å². The van der Waals surface area contributed by atoms with Crippen LogP contribution < -0.4 is 4.90 Å². The first kappa shape index (κ1) is 11.0. The van der Waals surface area contributed by atoms with Crippen LogP contribution >= 0.6 is 11.3 Å². The van der Waals surface area contributed by atoms with Crippen molar-refractivity contribution in [2.75, 3.05) is 18.0 Å². The summed E-state index contributed by atoms with van der Waals surface area (Å²) in [6, 6.07) is 0. The minimum absolute atomic E-state index is 0.182. The first-order valence-corrected chi connectivity index (χ1v) is 7.04. The Labute approximate surface area is 104 Å². The summed E-state index contributed by atoms with van der Waals surface area (Å²) in [6.07, 6.45) is 5.27. The van der Waals surface area contributed by atoms with E-state index in [0.717, 1.165) is 30.1 Å². The van der Waals surface area contributed by atoms with Gasteiger partial charge in [-0.2, -0.15) is 0 Å². The highest BCUT2D eigenvalue weighted by atomic mass is 32.1. The third-order valence-corrected chi connectivity index (χ3v) is 4.23. The standard InChI is InChI=1S/C12H16N2O2S/c15-11(16)10-7-17-12(13-10)14(5-8-1-2-8)6-9-3-4-9/h7-9H,1-6H2,(H,15,16). The molecule has 2 aliphatic carbocycles. The number of thiazole rings is 1. The molecule has 17 heavy (non-hydrogen) atoms. The van der Waals surface area contributed by atoms with E-state index in [0.29, 0.717) is 0 Å². The van der Waals surface area contributed by atoms with Gasteiger partial charge in [0.25, 0.3) is 0 Å². The van der Waals surface area contributed by atoms with Gasteiger partial charge in [-0.25, -0.2) is 9.78 Å². The summed E-state index contributed by atoms with van der Waals surface area (Å²) in [4.78, 5) is 17.3. The normalized spacial score (nSPS) is 19.3. The van der Waals surface area contributed by atoms with Crippen molar-refractivity contribution < 1.29 is 9.90 Å². The molecule has 1 aromatic rings. The summed E-state index contributed by atoms with van der Waals surface area (Å²) in [6.45, 7) is 2.12. The quantitative estimate of drug-likeness (QED) is 0.845. The number of hydrogen-bond donors (Lipinski definition) is 1. The lowest BCUT2D eigenvalue weighted by Crippen LogP contribution is -2.28. The van der Waals surface area contributed by atoms with Gasteiger partial charge in [-0.05, 0) is 37.5 Å². The van der Waals surface area contributed by atoms with Gasteiger partial charge >= 0.3 is 5.97 Å². The van der Waals surface area contributed by atoms with Crippen molar-refractivity contribution >= 4 is 22.4 Å². The lowest BCUT2D eigenvalue weighted by Gasteiger charge is -2.21. The monoisotopic (exact) mass is 252 g/mol. The topological polar surface area (TPSA) is 53.4 Å². The third kappa shape index (κ3) is 2.77. The molecule has 92 valence electrons. The fourth-order valence-corrected chi connectivity index (χ4v) is 2.78. The molecule has 0 radical (unpaired) electrons. The number of anilines is 1. The highest BCUT2D eigenvalue weighted by Crippen LogP contribution is 2.36. The van der Waals surface area contributed by atoms with Crippen LogP contribution in [0.25, 0.3) is 0 Å². The van der Waals surface area contributed by atoms with Crippen LogP contribution in [0.3, 0.4) is 0 Å². The molecular formula is C12H16N2O2S. The number of aromatic nitrogens is 1. The predicted octanol–water partition coefficient (Wildman–Crippen LogP) is 2.47. The predicted molar refractivity (Wildman–Crippen MR) is 66.7 cm³/mol. The zero-order valence-electron chi connectivity index (χ0n) is 9.63. The van der Waals surface area contributed by atoms with E-state index in [-0.39, 0.29) is 5.69 Å². The molecule has 1 N–H and O–H groups in total. The van der Waals surface area contributed by atoms with Gasteiger partial charge in [0.05, 0.1) is 0 Å². The fourth-order valence-electron chi connectivity index (χ4n) is 1.96. The molecule has 0 unspecified atom stereocenters. The molecule has 0 amide bonds. The number of carboxylic acid groups (broad SMARTS) is 1. The van der Waals surface area contributed by atoms with Gasteiger partial charge in [-0.3, -0.25) is 0 Å². The Bertz CT molecular complexity index is 410. The number of nitrogens with zero attached hydrogens (tertiary/aromatic N) is 2. The van der Waals surface area contributed by atoms with Crippen LogP contribution in [-0.4, -0.2) is 29.1 Å². The number of carbonyl (C=O) groups is 1. The van der Waals surface area contributed by atoms with E-state index in [2.05, 4.69) is 9.88 Å². The minimum atomic E-state index is -0.926. The van der Waals surface area contributed by atoms with Crippen molar-refractivity contribution in [1.82, 2.24) is 4.98 Å². The molecule has 0 aromatic carbocycles. The fraction of sp³-hybridized carbons (Fsp3) is 0.667. The Morgan fingerprint density at radius 1 is 1.35 bits per heavy atom. The Morgan fingerprint density at radius 2 is 1.94 bits per heavy atom. The van der Waals surface area contributed by atoms with Crippen LogP contribution in [0.4, 0.5) is 5.13 Å². The summed E-state index contributed by atoms with van der Waals surface area (Å²) < 4.78 is 0. The molecule has 1 aromatic heterocycles. The molecule has 2 aliphatic rings. The maximum absolute atomic E-state index is 10.8. The van der Waals surface area contributed by atoms with Crippen LogP contribution in [0.5, 0.6) is 0 Å². The van der Waals surface area contributed by atoms with E-state index >= 15 is 0 Å². The molecule has 0 spiro atoms. The van der Waals surface area contributed by atoms with Gasteiger partial charge in [-0.1, -0.05) is 0 Å². The van der Waals surface area contributed by atoms with Crippen molar-refractivity contribution in [3.63, 3.8) is 0 Å². The van der Waals surface area contributed by atoms with E-state index < -0.39 is 5.97 Å². The first-order chi connectivity index (χ1) is 8.22. The van der Waals surface area contributed by atoms with Gasteiger partial charge < -0.3 is 10.0 Å². The van der Waals surface area contributed by atoms with Crippen molar-refractivity contribution in [1.29, 1.82) is 0 Å². The highest BCUT2D eigenvalue weighted by molar-refractivity contribution is 7.13. The molecule has 3 rings (SSSR count). The zero-order chi connectivity index (χ0) is 11.8. The molecule has 0 bridgehead atoms. The molecule has 1 heterocycles. The van der Waals surface area contributed by atoms with Crippen LogP contribution in [0.2, 0.25) is 0 Å². The van der Waals surface area contributed by atoms with Crippen LogP contribution in [-0.2, 0) is 0 Å². The molecule has 5 heteroatoms. The highest BCUT2D eigenvalue weighted by Gasteiger charge is 2.30. The summed E-state index contributed by atoms with van der Waals surface area (Å²) in [5.41, 5.74) is 0.182. The lowest BCUT2D eigenvalue weighted by atomic mass is 10.3. The number of carboxylic acids is 1. The molecule has 0 atom stereocenters. The molecule has 2 fully saturated rings. The number of hydrogen-bond acceptors (Lipinski definition) is 4. The van der Waals surface area contributed by atoms with Gasteiger partial charge in [0.15, 0.2) is 10.8 Å². The summed E-state index contributed by atoms with van der Waals surface area (Å²) in [5.74, 6) is 0.696. The smallest absolute Gasteiger partial charge is 0.355 e. The van der Waals surface area contributed by atoms with Crippen LogP contribution in [0.15, 0.2) is 5.38 Å². The molecule has 4 nitrogen and oxygen atoms in total. The lowest BCUT2D eigenvalue weighted by molar-refractivity contribution is 0.0691. The second kappa shape index (κ2) is 4.29. The Hall–Kier alpha value is -1.10. The second-order valence-electron chi connectivity index (χ2n) is 5.11. The SMILES string of the molecule is O=C(O)c1csc(N(CC2CC2)CC2CC2)n1. The Morgan fingerprint density at radius 3 is 2.35 bits per heavy atom. The molecular weight excluding hydrogens is 236 g/mol. The van der Waals surface area contributed by atoms with E-state index in [4.69, 9.17) is 5.11 Å². The molecule has 0 aliphatic heterocycles. The van der Waals surface area contributed by atoms with E-state index in [1.807, 2.05) is 0 Å². The zero-order valence-corrected chi connectivity index (χ0v) is 10.4. The first-order valence-electron chi connectivity index (χ1n) is 6.16. The van der Waals surface area contributed by atoms with E-state index in [1.165, 1.54) is 37.0 Å². The van der Waals surface area contributed by atoms with Crippen LogP contribution in [0.1, 0.15) is 36.2 Å². The average molecular weight is 252 g/mol. The maximum atomic E-state index is 10.8. The number of aromatic carboxylic acids is 1. The van der Waals surface area contributed by atoms with Gasteiger partial charge in [-0.15, -0.1) is 11.3 Å². The van der Waals surface area contributed by atoms with Gasteiger partial charge in [0.2, 0.25) is 0 Å². The van der Waals surface area contributed by atoms with Crippen molar-refractivity contribution in [3.8, 4) is 0 Å². The second-order valence-corrected chi connectivity index (χ2v) is 5.95. The van der Waals surface area contributed by atoms with Crippen LogP contribution in [0, 0.1) is 11.8 Å². The van der Waals surface area contributed by atoms with Gasteiger partial charge in [0, 0.05) is 18.5 Å². The number of rotatable bonds is 6. The molecule has 2 saturated carbocycles. The Balaban J connectivity index is 1.72. The maximum Gasteiger partial charge on any atom is 0.355 e. The van der Waals surface area contributed by atoms with Crippen molar-refractivity contribution in [2.45, 2.75) is 25.7 Å². The van der Waals surface area contributed by atoms with E-state index in [1.54, 1.807) is 5.38 Å². The average Bonchev–Trinajstić information content (AvgIpc) is 3.21. The van der Waals surface area contributed by atoms with Crippen molar-refractivity contribution in [3.05, 3.63) is 11.1 Å². The Kier molecular flexibility index (Phi) is 2.78. The summed E-state index contributed by atoms with van der Waals surface area (Å²) >= 11 is 1.46. The van der Waals surface area contributed by atoms with Gasteiger partial charge in [0.1, 0.15) is 0 Å². The minimum Gasteiger partial charge on any atom is -0.476 e. The largest absolute Gasteiger partial charge is 0.476 e. The summed E-state index contributed by atoms with van der Waals surface area (Å²) in [5, 5.41) is 11.4. The summed E-state index contributed by atoms with van der Waals surface area (Å²) in [7, 11) is 0. The molecule has 0 saturated heterocycles. The van der Waals surface area contributed by atoms with Crippen molar-refractivity contribution in [2.24, 2.45) is 11.8 Å².